The largest absolute Gasteiger partial charge is 0.392 e. The standard InChI is InChI=1S/C20H19N2O3P/c1-3-17-4-6-20(7-5-17)22-14-10-19(11-15-22)18-8-12-21(13-9-18)16(2)26(23,24)25/h3-16H,1H2,2H3/p+2. The zero-order valence-corrected chi connectivity index (χ0v) is 15.3. The van der Waals surface area contributed by atoms with Crippen LogP contribution in [-0.2, 0) is 4.57 Å². The topological polar surface area (TPSA) is 65.3 Å². The molecule has 2 heterocycles. The Morgan fingerprint density at radius 1 is 0.923 bits per heavy atom. The molecule has 0 radical (unpaired) electrons. The summed E-state index contributed by atoms with van der Waals surface area (Å²) in [5.74, 6) is -0.881. The summed E-state index contributed by atoms with van der Waals surface area (Å²) in [6.07, 6.45) is 9.16. The molecule has 3 aromatic rings. The van der Waals surface area contributed by atoms with Gasteiger partial charge in [-0.05, 0) is 28.8 Å². The van der Waals surface area contributed by atoms with Gasteiger partial charge in [-0.25, -0.2) is 0 Å². The van der Waals surface area contributed by atoms with E-state index in [4.69, 9.17) is 0 Å². The molecule has 6 heteroatoms. The molecule has 0 aliphatic carbocycles. The van der Waals surface area contributed by atoms with Gasteiger partial charge < -0.3 is 9.79 Å². The third-order valence-electron chi connectivity index (χ3n) is 4.36. The summed E-state index contributed by atoms with van der Waals surface area (Å²) < 4.78 is 14.9. The van der Waals surface area contributed by atoms with E-state index in [1.807, 2.05) is 71.6 Å². The van der Waals surface area contributed by atoms with Crippen LogP contribution in [0.3, 0.4) is 0 Å². The van der Waals surface area contributed by atoms with Gasteiger partial charge >= 0.3 is 7.60 Å². The lowest BCUT2D eigenvalue weighted by Gasteiger charge is -2.09. The Hall–Kier alpha value is -2.59. The average Bonchev–Trinajstić information content (AvgIpc) is 2.67. The average molecular weight is 368 g/mol. The van der Waals surface area contributed by atoms with Gasteiger partial charge in [0.25, 0.3) is 5.78 Å². The van der Waals surface area contributed by atoms with E-state index in [-0.39, 0.29) is 0 Å². The SMILES string of the molecule is C=Cc1ccc(-[n+]2ccc(-c3cc[n+](C(C)P(=O)(O)O)cc3)cc2)cc1. The summed E-state index contributed by atoms with van der Waals surface area (Å²) in [4.78, 5) is 18.6. The van der Waals surface area contributed by atoms with Crippen molar-refractivity contribution in [3.05, 3.63) is 85.5 Å². The number of nitrogens with zero attached hydrogens (tertiary/aromatic N) is 2. The second-order valence-electron chi connectivity index (χ2n) is 6.04. The Labute approximate surface area is 152 Å². The first-order valence-electron chi connectivity index (χ1n) is 8.19. The molecule has 0 fully saturated rings. The molecule has 0 saturated heterocycles. The van der Waals surface area contributed by atoms with Gasteiger partial charge in [-0.3, -0.25) is 4.57 Å². The molecule has 5 nitrogen and oxygen atoms in total. The fourth-order valence-corrected chi connectivity index (χ4v) is 3.13. The lowest BCUT2D eigenvalue weighted by atomic mass is 10.1. The van der Waals surface area contributed by atoms with Crippen molar-refractivity contribution >= 4 is 13.7 Å². The minimum Gasteiger partial charge on any atom is -0.320 e. The lowest BCUT2D eigenvalue weighted by molar-refractivity contribution is -0.701. The molecule has 1 atom stereocenters. The first-order valence-corrected chi connectivity index (χ1v) is 9.87. The van der Waals surface area contributed by atoms with E-state index >= 15 is 0 Å². The van der Waals surface area contributed by atoms with Crippen molar-refractivity contribution < 1.29 is 23.5 Å². The van der Waals surface area contributed by atoms with Crippen LogP contribution < -0.4 is 9.13 Å². The van der Waals surface area contributed by atoms with Gasteiger partial charge in [0.1, 0.15) is 0 Å². The van der Waals surface area contributed by atoms with Crippen LogP contribution in [0.25, 0.3) is 22.9 Å². The van der Waals surface area contributed by atoms with Crippen LogP contribution in [0.15, 0.2) is 79.9 Å². The monoisotopic (exact) mass is 368 g/mol. The van der Waals surface area contributed by atoms with Crippen molar-refractivity contribution in [1.29, 1.82) is 0 Å². The van der Waals surface area contributed by atoms with Crippen molar-refractivity contribution in [3.8, 4) is 16.8 Å². The zero-order valence-electron chi connectivity index (χ0n) is 14.4. The Bertz CT molecular complexity index is 946. The molecule has 3 rings (SSSR count). The van der Waals surface area contributed by atoms with Gasteiger partial charge in [-0.1, -0.05) is 12.7 Å². The predicted molar refractivity (Wildman–Crippen MR) is 100 cm³/mol. The van der Waals surface area contributed by atoms with Crippen LogP contribution in [0.2, 0.25) is 0 Å². The number of aromatic nitrogens is 2. The zero-order chi connectivity index (χ0) is 18.7. The first kappa shape index (κ1) is 18.2. The molecular formula is C20H21N2O3P+2. The maximum Gasteiger partial charge on any atom is 0.392 e. The molecule has 0 saturated carbocycles. The lowest BCUT2D eigenvalue weighted by Crippen LogP contribution is -2.36. The van der Waals surface area contributed by atoms with Crippen molar-refractivity contribution in [2.24, 2.45) is 0 Å². The minimum absolute atomic E-state index is 0.881. The van der Waals surface area contributed by atoms with E-state index in [2.05, 4.69) is 6.58 Å². The van der Waals surface area contributed by atoms with E-state index < -0.39 is 13.4 Å². The first-order chi connectivity index (χ1) is 12.4. The molecule has 2 N–H and O–H groups in total. The maximum absolute atomic E-state index is 11.4. The van der Waals surface area contributed by atoms with Gasteiger partial charge in [0.15, 0.2) is 24.8 Å². The van der Waals surface area contributed by atoms with Crippen LogP contribution in [-0.4, -0.2) is 9.79 Å². The molecule has 26 heavy (non-hydrogen) atoms. The Balaban J connectivity index is 1.82. The molecule has 0 amide bonds. The molecular weight excluding hydrogens is 347 g/mol. The molecule has 0 spiro atoms. The molecule has 0 bridgehead atoms. The van der Waals surface area contributed by atoms with Gasteiger partial charge in [0.05, 0.1) is 0 Å². The summed E-state index contributed by atoms with van der Waals surface area (Å²) in [5, 5.41) is 0. The second kappa shape index (κ2) is 7.34. The van der Waals surface area contributed by atoms with Gasteiger partial charge in [-0.15, -0.1) is 0 Å². The van der Waals surface area contributed by atoms with E-state index in [1.165, 1.54) is 11.5 Å². The van der Waals surface area contributed by atoms with Gasteiger partial charge in [0, 0.05) is 43.3 Å². The Morgan fingerprint density at radius 3 is 1.88 bits per heavy atom. The van der Waals surface area contributed by atoms with E-state index in [0.29, 0.717) is 0 Å². The van der Waals surface area contributed by atoms with E-state index in [0.717, 1.165) is 22.4 Å². The quantitative estimate of drug-likeness (QED) is 0.537. The maximum atomic E-state index is 11.4. The number of hydrogen-bond acceptors (Lipinski definition) is 1. The smallest absolute Gasteiger partial charge is 0.320 e. The van der Waals surface area contributed by atoms with E-state index in [9.17, 15) is 14.4 Å². The van der Waals surface area contributed by atoms with Crippen LogP contribution in [0.5, 0.6) is 0 Å². The Morgan fingerprint density at radius 2 is 1.42 bits per heavy atom. The highest BCUT2D eigenvalue weighted by molar-refractivity contribution is 7.51. The Kier molecular flexibility index (Phi) is 5.14. The van der Waals surface area contributed by atoms with Gasteiger partial charge in [-0.2, -0.15) is 9.13 Å². The molecule has 2 aromatic heterocycles. The van der Waals surface area contributed by atoms with Crippen molar-refractivity contribution in [2.45, 2.75) is 12.7 Å². The van der Waals surface area contributed by atoms with Crippen molar-refractivity contribution in [2.75, 3.05) is 0 Å². The third kappa shape index (κ3) is 3.97. The number of rotatable bonds is 5. The fraction of sp³-hybridized carbons (Fsp3) is 0.100. The van der Waals surface area contributed by atoms with Crippen LogP contribution in [0, 0.1) is 0 Å². The summed E-state index contributed by atoms with van der Waals surface area (Å²) in [6.45, 7) is 5.26. The molecule has 0 aliphatic rings. The fourth-order valence-electron chi connectivity index (χ4n) is 2.63. The van der Waals surface area contributed by atoms with Crippen LogP contribution in [0.1, 0.15) is 18.3 Å². The molecule has 0 aliphatic heterocycles. The summed E-state index contributed by atoms with van der Waals surface area (Å²) >= 11 is 0. The number of pyridine rings is 2. The van der Waals surface area contributed by atoms with Crippen molar-refractivity contribution in [3.63, 3.8) is 0 Å². The highest BCUT2D eigenvalue weighted by Crippen LogP contribution is 2.45. The highest BCUT2D eigenvalue weighted by Gasteiger charge is 2.32. The van der Waals surface area contributed by atoms with E-state index in [1.54, 1.807) is 12.4 Å². The van der Waals surface area contributed by atoms with Crippen molar-refractivity contribution in [1.82, 2.24) is 0 Å². The number of benzene rings is 1. The normalized spacial score (nSPS) is 12.6. The van der Waals surface area contributed by atoms with Crippen LogP contribution in [0.4, 0.5) is 0 Å². The molecule has 132 valence electrons. The summed E-state index contributed by atoms with van der Waals surface area (Å²) in [5.41, 5.74) is 4.14. The van der Waals surface area contributed by atoms with Gasteiger partial charge in [0.2, 0.25) is 5.69 Å². The highest BCUT2D eigenvalue weighted by atomic mass is 31.2. The molecule has 1 aromatic carbocycles. The second-order valence-corrected chi connectivity index (χ2v) is 7.97. The summed E-state index contributed by atoms with van der Waals surface area (Å²) in [6, 6.07) is 15.8. The van der Waals surface area contributed by atoms with Crippen LogP contribution >= 0.6 is 7.60 Å². The molecule has 1 unspecified atom stereocenters. The third-order valence-corrected chi connectivity index (χ3v) is 5.60. The number of hydrogen-bond donors (Lipinski definition) is 2. The predicted octanol–water partition coefficient (Wildman–Crippen LogP) is 3.26. The minimum atomic E-state index is -4.16. The summed E-state index contributed by atoms with van der Waals surface area (Å²) in [7, 11) is -4.16.